The van der Waals surface area contributed by atoms with E-state index in [1.807, 2.05) is 29.8 Å². The molecule has 0 spiro atoms. The highest BCUT2D eigenvalue weighted by atomic mass is 32.1. The number of aryl methyl sites for hydroxylation is 2. The van der Waals surface area contributed by atoms with Crippen molar-refractivity contribution >= 4 is 11.3 Å². The molecule has 0 aromatic carbocycles. The summed E-state index contributed by atoms with van der Waals surface area (Å²) in [6, 6.07) is 7.05. The average molecular weight is 272 g/mol. The monoisotopic (exact) mass is 272 g/mol. The van der Waals surface area contributed by atoms with Gasteiger partial charge in [-0.05, 0) is 55.5 Å². The molecule has 1 aliphatic carbocycles. The van der Waals surface area contributed by atoms with Crippen LogP contribution in [-0.4, -0.2) is 11.5 Å². The lowest BCUT2D eigenvalue weighted by atomic mass is 10.1. The molecular weight excluding hydrogens is 252 g/mol. The standard InChI is InChI=1S/C16H20N2S/c1-2-18-14(9-12-5-4-8-17-11-12)16-10-13-6-3-7-15(13)19-16/h4-5,8,10-11,14,18H,2-3,6-7,9H2,1H3. The summed E-state index contributed by atoms with van der Waals surface area (Å²) in [4.78, 5) is 7.33. The fraction of sp³-hybridized carbons (Fsp3) is 0.438. The maximum absolute atomic E-state index is 4.22. The van der Waals surface area contributed by atoms with Crippen molar-refractivity contribution in [2.75, 3.05) is 6.54 Å². The zero-order valence-corrected chi connectivity index (χ0v) is 12.2. The molecule has 2 heterocycles. The predicted molar refractivity (Wildman–Crippen MR) is 80.7 cm³/mol. The van der Waals surface area contributed by atoms with Crippen molar-refractivity contribution < 1.29 is 0 Å². The first-order chi connectivity index (χ1) is 9.36. The molecule has 1 unspecified atom stereocenters. The normalized spacial score (nSPS) is 15.4. The Labute approximate surface area is 118 Å². The zero-order valence-electron chi connectivity index (χ0n) is 11.4. The first-order valence-corrected chi connectivity index (χ1v) is 7.92. The van der Waals surface area contributed by atoms with E-state index in [0.717, 1.165) is 13.0 Å². The van der Waals surface area contributed by atoms with E-state index >= 15 is 0 Å². The number of hydrogen-bond donors (Lipinski definition) is 1. The van der Waals surface area contributed by atoms with Crippen molar-refractivity contribution in [1.82, 2.24) is 10.3 Å². The molecule has 1 aliphatic rings. The molecule has 19 heavy (non-hydrogen) atoms. The Morgan fingerprint density at radius 1 is 1.42 bits per heavy atom. The Balaban J connectivity index is 1.80. The molecule has 0 saturated carbocycles. The van der Waals surface area contributed by atoms with E-state index in [-0.39, 0.29) is 0 Å². The summed E-state index contributed by atoms with van der Waals surface area (Å²) in [5, 5.41) is 3.62. The summed E-state index contributed by atoms with van der Waals surface area (Å²) >= 11 is 2.01. The molecule has 0 amide bonds. The minimum atomic E-state index is 0.435. The third kappa shape index (κ3) is 2.88. The fourth-order valence-electron chi connectivity index (χ4n) is 2.80. The number of nitrogens with one attached hydrogen (secondary N) is 1. The number of fused-ring (bicyclic) bond motifs is 1. The molecule has 3 heteroatoms. The molecule has 2 nitrogen and oxygen atoms in total. The van der Waals surface area contributed by atoms with Crippen molar-refractivity contribution in [2.24, 2.45) is 0 Å². The van der Waals surface area contributed by atoms with Gasteiger partial charge in [0.25, 0.3) is 0 Å². The molecule has 1 atom stereocenters. The van der Waals surface area contributed by atoms with Crippen LogP contribution in [0.1, 0.15) is 40.3 Å². The maximum Gasteiger partial charge on any atom is 0.0456 e. The van der Waals surface area contributed by atoms with Crippen LogP contribution in [0.25, 0.3) is 0 Å². The Bertz CT molecular complexity index is 511. The van der Waals surface area contributed by atoms with Crippen LogP contribution >= 0.6 is 11.3 Å². The second-order valence-corrected chi connectivity index (χ2v) is 6.29. The molecule has 0 aliphatic heterocycles. The molecule has 100 valence electrons. The van der Waals surface area contributed by atoms with E-state index in [4.69, 9.17) is 0 Å². The van der Waals surface area contributed by atoms with E-state index in [9.17, 15) is 0 Å². The topological polar surface area (TPSA) is 24.9 Å². The maximum atomic E-state index is 4.22. The highest BCUT2D eigenvalue weighted by Gasteiger charge is 2.19. The highest BCUT2D eigenvalue weighted by molar-refractivity contribution is 7.12. The summed E-state index contributed by atoms with van der Waals surface area (Å²) in [6.45, 7) is 3.19. The Morgan fingerprint density at radius 3 is 3.11 bits per heavy atom. The van der Waals surface area contributed by atoms with Crippen LogP contribution in [0.5, 0.6) is 0 Å². The van der Waals surface area contributed by atoms with Crippen molar-refractivity contribution in [3.05, 3.63) is 51.5 Å². The lowest BCUT2D eigenvalue weighted by Crippen LogP contribution is -2.22. The zero-order chi connectivity index (χ0) is 13.1. The smallest absolute Gasteiger partial charge is 0.0456 e. The highest BCUT2D eigenvalue weighted by Crippen LogP contribution is 2.34. The van der Waals surface area contributed by atoms with Gasteiger partial charge >= 0.3 is 0 Å². The van der Waals surface area contributed by atoms with Gasteiger partial charge in [0, 0.05) is 28.2 Å². The molecule has 0 bridgehead atoms. The number of likely N-dealkylation sites (N-methyl/N-ethyl adjacent to an activating group) is 1. The van der Waals surface area contributed by atoms with Crippen molar-refractivity contribution in [2.45, 2.75) is 38.6 Å². The minimum absolute atomic E-state index is 0.435. The van der Waals surface area contributed by atoms with Gasteiger partial charge in [0.15, 0.2) is 0 Å². The molecule has 3 rings (SSSR count). The number of aromatic nitrogens is 1. The van der Waals surface area contributed by atoms with Crippen molar-refractivity contribution in [3.63, 3.8) is 0 Å². The Hall–Kier alpha value is -1.19. The number of hydrogen-bond acceptors (Lipinski definition) is 3. The van der Waals surface area contributed by atoms with Gasteiger partial charge in [0.1, 0.15) is 0 Å². The van der Waals surface area contributed by atoms with Crippen molar-refractivity contribution in [1.29, 1.82) is 0 Å². The van der Waals surface area contributed by atoms with E-state index in [1.54, 1.807) is 10.4 Å². The van der Waals surface area contributed by atoms with Crippen LogP contribution in [0.15, 0.2) is 30.6 Å². The first-order valence-electron chi connectivity index (χ1n) is 7.10. The van der Waals surface area contributed by atoms with E-state index in [2.05, 4.69) is 29.4 Å². The van der Waals surface area contributed by atoms with Crippen molar-refractivity contribution in [3.8, 4) is 0 Å². The number of rotatable bonds is 5. The number of pyridine rings is 1. The van der Waals surface area contributed by atoms with Gasteiger partial charge in [-0.2, -0.15) is 0 Å². The molecule has 0 radical (unpaired) electrons. The van der Waals surface area contributed by atoms with E-state index in [1.165, 1.54) is 29.7 Å². The van der Waals surface area contributed by atoms with E-state index < -0.39 is 0 Å². The van der Waals surface area contributed by atoms with Gasteiger partial charge in [-0.1, -0.05) is 13.0 Å². The van der Waals surface area contributed by atoms with Crippen LogP contribution in [0.4, 0.5) is 0 Å². The van der Waals surface area contributed by atoms with Gasteiger partial charge in [-0.3, -0.25) is 4.98 Å². The first kappa shape index (κ1) is 12.8. The lowest BCUT2D eigenvalue weighted by Gasteiger charge is -2.16. The minimum Gasteiger partial charge on any atom is -0.309 e. The summed E-state index contributed by atoms with van der Waals surface area (Å²) in [5.41, 5.74) is 2.90. The third-order valence-electron chi connectivity index (χ3n) is 3.72. The average Bonchev–Trinajstić information content (AvgIpc) is 3.00. The van der Waals surface area contributed by atoms with Gasteiger partial charge in [-0.25, -0.2) is 0 Å². The lowest BCUT2D eigenvalue weighted by molar-refractivity contribution is 0.557. The molecule has 0 saturated heterocycles. The van der Waals surface area contributed by atoms with Crippen LogP contribution in [-0.2, 0) is 19.3 Å². The number of thiophene rings is 1. The summed E-state index contributed by atoms with van der Waals surface area (Å²) in [7, 11) is 0. The van der Waals surface area contributed by atoms with E-state index in [0.29, 0.717) is 6.04 Å². The van der Waals surface area contributed by atoms with Gasteiger partial charge in [-0.15, -0.1) is 11.3 Å². The van der Waals surface area contributed by atoms with Crippen LogP contribution in [0.3, 0.4) is 0 Å². The molecule has 2 aromatic rings. The quantitative estimate of drug-likeness (QED) is 0.900. The SMILES string of the molecule is CCNC(Cc1cccnc1)c1cc2c(s1)CCC2. The van der Waals surface area contributed by atoms with Gasteiger partial charge in [0.2, 0.25) is 0 Å². The van der Waals surface area contributed by atoms with Gasteiger partial charge < -0.3 is 5.32 Å². The summed E-state index contributed by atoms with van der Waals surface area (Å²) < 4.78 is 0. The molecular formula is C16H20N2S. The van der Waals surface area contributed by atoms with Gasteiger partial charge in [0.05, 0.1) is 0 Å². The summed E-state index contributed by atoms with van der Waals surface area (Å²) in [6.07, 6.45) is 8.75. The van der Waals surface area contributed by atoms with Crippen LogP contribution in [0.2, 0.25) is 0 Å². The van der Waals surface area contributed by atoms with Crippen LogP contribution < -0.4 is 5.32 Å². The Kier molecular flexibility index (Phi) is 3.95. The van der Waals surface area contributed by atoms with Crippen LogP contribution in [0, 0.1) is 0 Å². The third-order valence-corrected chi connectivity index (χ3v) is 5.07. The molecule has 0 fully saturated rings. The molecule has 2 aromatic heterocycles. The second-order valence-electron chi connectivity index (χ2n) is 5.13. The predicted octanol–water partition coefficient (Wildman–Crippen LogP) is 3.53. The summed E-state index contributed by atoms with van der Waals surface area (Å²) in [5.74, 6) is 0. The Morgan fingerprint density at radius 2 is 2.37 bits per heavy atom. The fourth-order valence-corrected chi connectivity index (χ4v) is 4.13. The largest absolute Gasteiger partial charge is 0.309 e. The molecule has 1 N–H and O–H groups in total. The second kappa shape index (κ2) is 5.85. The number of nitrogens with zero attached hydrogens (tertiary/aromatic N) is 1.